The van der Waals surface area contributed by atoms with Crippen molar-refractivity contribution >= 4 is 0 Å². The van der Waals surface area contributed by atoms with Crippen LogP contribution in [-0.4, -0.2) is 24.3 Å². The minimum atomic E-state index is 0.374. The molecule has 0 aromatic carbocycles. The quantitative estimate of drug-likeness (QED) is 0.790. The van der Waals surface area contributed by atoms with Gasteiger partial charge in [-0.05, 0) is 50.0 Å². The van der Waals surface area contributed by atoms with Crippen LogP contribution in [0.15, 0.2) is 0 Å². The summed E-state index contributed by atoms with van der Waals surface area (Å²) in [5.41, 5.74) is 0. The van der Waals surface area contributed by atoms with Crippen molar-refractivity contribution in [1.29, 1.82) is 0 Å². The van der Waals surface area contributed by atoms with E-state index >= 15 is 0 Å². The molecule has 0 radical (unpaired) electrons. The van der Waals surface area contributed by atoms with Crippen molar-refractivity contribution in [3.05, 3.63) is 0 Å². The first-order valence-electron chi connectivity index (χ1n) is 7.64. The van der Waals surface area contributed by atoms with E-state index in [0.29, 0.717) is 18.6 Å². The summed E-state index contributed by atoms with van der Waals surface area (Å²) in [6.07, 6.45) is 10.8. The Bertz CT molecular complexity index is 219. The van der Waals surface area contributed by atoms with Gasteiger partial charge in [0.15, 0.2) is 0 Å². The molecular formula is C15H29NO. The van der Waals surface area contributed by atoms with E-state index in [-0.39, 0.29) is 0 Å². The molecule has 2 rings (SSSR count). The molecule has 0 heterocycles. The molecule has 0 aromatic heterocycles. The maximum Gasteiger partial charge on any atom is 0.0474 e. The van der Waals surface area contributed by atoms with Gasteiger partial charge in [-0.2, -0.15) is 0 Å². The van der Waals surface area contributed by atoms with E-state index in [9.17, 15) is 5.11 Å². The van der Waals surface area contributed by atoms with E-state index in [1.54, 1.807) is 0 Å². The fourth-order valence-electron chi connectivity index (χ4n) is 3.76. The number of aliphatic hydroxyl groups is 1. The van der Waals surface area contributed by atoms with Crippen LogP contribution in [0.4, 0.5) is 0 Å². The number of hydrogen-bond donors (Lipinski definition) is 2. The van der Waals surface area contributed by atoms with E-state index in [1.807, 2.05) is 0 Å². The van der Waals surface area contributed by atoms with Crippen molar-refractivity contribution < 1.29 is 5.11 Å². The Labute approximate surface area is 106 Å². The highest BCUT2D eigenvalue weighted by Crippen LogP contribution is 2.29. The molecule has 2 nitrogen and oxygen atoms in total. The van der Waals surface area contributed by atoms with E-state index in [0.717, 1.165) is 11.8 Å². The Morgan fingerprint density at radius 1 is 1.06 bits per heavy atom. The number of hydrogen-bond acceptors (Lipinski definition) is 2. The van der Waals surface area contributed by atoms with Crippen molar-refractivity contribution in [2.24, 2.45) is 17.8 Å². The second kappa shape index (κ2) is 6.75. The summed E-state index contributed by atoms with van der Waals surface area (Å²) in [4.78, 5) is 0. The summed E-state index contributed by atoms with van der Waals surface area (Å²) < 4.78 is 0. The fourth-order valence-corrected chi connectivity index (χ4v) is 3.76. The second-order valence-corrected chi connectivity index (χ2v) is 6.38. The first-order chi connectivity index (χ1) is 8.29. The van der Waals surface area contributed by atoms with Gasteiger partial charge in [-0.3, -0.25) is 0 Å². The summed E-state index contributed by atoms with van der Waals surface area (Å²) >= 11 is 0. The molecule has 0 saturated heterocycles. The SMILES string of the molecule is CC1CCCC(CNC2CCCCC2CO)C1. The molecule has 100 valence electrons. The number of nitrogens with one attached hydrogen (secondary N) is 1. The Morgan fingerprint density at radius 2 is 1.88 bits per heavy atom. The molecule has 0 amide bonds. The molecule has 0 aromatic rings. The largest absolute Gasteiger partial charge is 0.396 e. The topological polar surface area (TPSA) is 32.3 Å². The van der Waals surface area contributed by atoms with Gasteiger partial charge >= 0.3 is 0 Å². The highest BCUT2D eigenvalue weighted by atomic mass is 16.3. The molecule has 2 aliphatic rings. The minimum Gasteiger partial charge on any atom is -0.396 e. The molecule has 17 heavy (non-hydrogen) atoms. The smallest absolute Gasteiger partial charge is 0.0474 e. The zero-order valence-electron chi connectivity index (χ0n) is 11.3. The molecule has 4 atom stereocenters. The number of aliphatic hydroxyl groups excluding tert-OH is 1. The van der Waals surface area contributed by atoms with Crippen molar-refractivity contribution in [3.8, 4) is 0 Å². The Hall–Kier alpha value is -0.0800. The van der Waals surface area contributed by atoms with Crippen LogP contribution in [-0.2, 0) is 0 Å². The fraction of sp³-hybridized carbons (Fsp3) is 1.00. The van der Waals surface area contributed by atoms with E-state index in [1.165, 1.54) is 57.9 Å². The van der Waals surface area contributed by atoms with Crippen LogP contribution in [0.25, 0.3) is 0 Å². The van der Waals surface area contributed by atoms with Gasteiger partial charge in [0, 0.05) is 12.6 Å². The van der Waals surface area contributed by atoms with Crippen molar-refractivity contribution in [1.82, 2.24) is 5.32 Å². The number of rotatable bonds is 4. The molecule has 4 unspecified atom stereocenters. The van der Waals surface area contributed by atoms with E-state index in [2.05, 4.69) is 12.2 Å². The van der Waals surface area contributed by atoms with Crippen molar-refractivity contribution in [2.45, 2.75) is 64.3 Å². The molecule has 2 heteroatoms. The van der Waals surface area contributed by atoms with Crippen LogP contribution in [0.1, 0.15) is 58.3 Å². The molecule has 2 aliphatic carbocycles. The summed E-state index contributed by atoms with van der Waals surface area (Å²) in [7, 11) is 0. The third-order valence-corrected chi connectivity index (χ3v) is 4.86. The zero-order valence-corrected chi connectivity index (χ0v) is 11.3. The third-order valence-electron chi connectivity index (χ3n) is 4.86. The van der Waals surface area contributed by atoms with Crippen LogP contribution < -0.4 is 5.32 Å². The average molecular weight is 239 g/mol. The van der Waals surface area contributed by atoms with Crippen LogP contribution in [0.2, 0.25) is 0 Å². The summed E-state index contributed by atoms with van der Waals surface area (Å²) in [5, 5.41) is 13.2. The normalized spacial score (nSPS) is 39.2. The highest BCUT2D eigenvalue weighted by Gasteiger charge is 2.25. The molecular weight excluding hydrogens is 210 g/mol. The van der Waals surface area contributed by atoms with Gasteiger partial charge in [0.25, 0.3) is 0 Å². The van der Waals surface area contributed by atoms with Gasteiger partial charge in [0.2, 0.25) is 0 Å². The molecule has 2 fully saturated rings. The van der Waals surface area contributed by atoms with Gasteiger partial charge in [-0.25, -0.2) is 0 Å². The Kier molecular flexibility index (Phi) is 5.30. The summed E-state index contributed by atoms with van der Waals surface area (Å²) in [5.74, 6) is 2.33. The van der Waals surface area contributed by atoms with E-state index in [4.69, 9.17) is 0 Å². The van der Waals surface area contributed by atoms with Gasteiger partial charge in [0.1, 0.15) is 0 Å². The van der Waals surface area contributed by atoms with Crippen molar-refractivity contribution in [3.63, 3.8) is 0 Å². The van der Waals surface area contributed by atoms with Gasteiger partial charge in [-0.1, -0.05) is 32.6 Å². The lowest BCUT2D eigenvalue weighted by Crippen LogP contribution is -2.42. The predicted octanol–water partition coefficient (Wildman–Crippen LogP) is 2.95. The third kappa shape index (κ3) is 3.96. The highest BCUT2D eigenvalue weighted by molar-refractivity contribution is 4.82. The Balaban J connectivity index is 1.72. The summed E-state index contributed by atoms with van der Waals surface area (Å²) in [6, 6.07) is 0.589. The summed E-state index contributed by atoms with van der Waals surface area (Å²) in [6.45, 7) is 3.95. The van der Waals surface area contributed by atoms with Crippen LogP contribution >= 0.6 is 0 Å². The van der Waals surface area contributed by atoms with Crippen LogP contribution in [0, 0.1) is 17.8 Å². The average Bonchev–Trinajstić information content (AvgIpc) is 2.37. The first-order valence-corrected chi connectivity index (χ1v) is 7.64. The maximum atomic E-state index is 9.40. The minimum absolute atomic E-state index is 0.374. The van der Waals surface area contributed by atoms with E-state index < -0.39 is 0 Å². The van der Waals surface area contributed by atoms with Crippen LogP contribution in [0.3, 0.4) is 0 Å². The second-order valence-electron chi connectivity index (χ2n) is 6.38. The lowest BCUT2D eigenvalue weighted by molar-refractivity contribution is 0.145. The standard InChI is InChI=1S/C15H29NO/c1-12-5-4-6-13(9-12)10-16-15-8-3-2-7-14(15)11-17/h12-17H,2-11H2,1H3. The van der Waals surface area contributed by atoms with Gasteiger partial charge in [0.05, 0.1) is 0 Å². The first kappa shape index (κ1) is 13.4. The van der Waals surface area contributed by atoms with Gasteiger partial charge < -0.3 is 10.4 Å². The maximum absolute atomic E-state index is 9.40. The monoisotopic (exact) mass is 239 g/mol. The molecule has 0 bridgehead atoms. The molecule has 2 N–H and O–H groups in total. The lowest BCUT2D eigenvalue weighted by Gasteiger charge is -2.34. The predicted molar refractivity (Wildman–Crippen MR) is 72.0 cm³/mol. The van der Waals surface area contributed by atoms with Crippen LogP contribution in [0.5, 0.6) is 0 Å². The van der Waals surface area contributed by atoms with Gasteiger partial charge in [-0.15, -0.1) is 0 Å². The molecule has 0 aliphatic heterocycles. The Morgan fingerprint density at radius 3 is 2.65 bits per heavy atom. The molecule has 0 spiro atoms. The molecule has 2 saturated carbocycles. The van der Waals surface area contributed by atoms with Crippen molar-refractivity contribution in [2.75, 3.05) is 13.2 Å². The zero-order chi connectivity index (χ0) is 12.1. The lowest BCUT2D eigenvalue weighted by atomic mass is 9.81.